The van der Waals surface area contributed by atoms with E-state index in [1.165, 1.54) is 0 Å². The molecule has 0 unspecified atom stereocenters. The second kappa shape index (κ2) is 8.66. The lowest BCUT2D eigenvalue weighted by Gasteiger charge is -2.13. The zero-order valence-electron chi connectivity index (χ0n) is 12.1. The Morgan fingerprint density at radius 1 is 1.30 bits per heavy atom. The van der Waals surface area contributed by atoms with Crippen LogP contribution in [-0.2, 0) is 9.53 Å². The highest BCUT2D eigenvalue weighted by Gasteiger charge is 2.07. The van der Waals surface area contributed by atoms with Gasteiger partial charge in [0.2, 0.25) is 5.91 Å². The second-order valence-corrected chi connectivity index (χ2v) is 4.73. The van der Waals surface area contributed by atoms with Gasteiger partial charge in [-0.1, -0.05) is 11.6 Å². The first-order valence-electron chi connectivity index (χ1n) is 6.42. The molecule has 20 heavy (non-hydrogen) atoms. The predicted octanol–water partition coefficient (Wildman–Crippen LogP) is 2.22. The minimum absolute atomic E-state index is 0.0146. The van der Waals surface area contributed by atoms with Crippen LogP contribution in [0.5, 0.6) is 5.75 Å². The fourth-order valence-electron chi connectivity index (χ4n) is 1.66. The molecular formula is C14H21ClN2O3. The van der Waals surface area contributed by atoms with Gasteiger partial charge >= 0.3 is 0 Å². The molecule has 0 fully saturated rings. The van der Waals surface area contributed by atoms with E-state index in [0.29, 0.717) is 36.9 Å². The van der Waals surface area contributed by atoms with Crippen LogP contribution in [0.3, 0.4) is 0 Å². The summed E-state index contributed by atoms with van der Waals surface area (Å²) in [5.74, 6) is 0.652. The molecule has 1 rings (SSSR count). The van der Waals surface area contributed by atoms with Crippen molar-refractivity contribution >= 4 is 23.2 Å². The van der Waals surface area contributed by atoms with Crippen molar-refractivity contribution in [3.05, 3.63) is 22.7 Å². The summed E-state index contributed by atoms with van der Waals surface area (Å²) in [5, 5.41) is 6.60. The average Bonchev–Trinajstić information content (AvgIpc) is 2.42. The van der Waals surface area contributed by atoms with E-state index < -0.39 is 0 Å². The summed E-state index contributed by atoms with van der Waals surface area (Å²) >= 11 is 6.04. The van der Waals surface area contributed by atoms with Crippen LogP contribution < -0.4 is 15.4 Å². The molecule has 0 heterocycles. The Kier molecular flexibility index (Phi) is 7.18. The molecule has 0 aromatic heterocycles. The zero-order valence-corrected chi connectivity index (χ0v) is 12.8. The zero-order chi connectivity index (χ0) is 15.0. The van der Waals surface area contributed by atoms with Crippen LogP contribution in [0, 0.1) is 6.92 Å². The van der Waals surface area contributed by atoms with Gasteiger partial charge in [-0.05, 0) is 18.6 Å². The van der Waals surface area contributed by atoms with Gasteiger partial charge in [-0.2, -0.15) is 0 Å². The van der Waals surface area contributed by atoms with Crippen LogP contribution in [0.1, 0.15) is 12.0 Å². The van der Waals surface area contributed by atoms with E-state index in [1.807, 2.05) is 13.0 Å². The van der Waals surface area contributed by atoms with Crippen molar-refractivity contribution in [2.24, 2.45) is 0 Å². The van der Waals surface area contributed by atoms with E-state index in [0.717, 1.165) is 11.3 Å². The molecule has 0 saturated carbocycles. The third kappa shape index (κ3) is 5.27. The lowest BCUT2D eigenvalue weighted by molar-refractivity contribution is -0.121. The van der Waals surface area contributed by atoms with Crippen molar-refractivity contribution in [3.63, 3.8) is 0 Å². The molecule has 5 nitrogen and oxygen atoms in total. The highest BCUT2D eigenvalue weighted by molar-refractivity contribution is 6.31. The van der Waals surface area contributed by atoms with Crippen LogP contribution in [0.25, 0.3) is 0 Å². The SMILES string of the molecule is COCCNC(=O)CCNc1cc(C)c(Cl)cc1OC. The van der Waals surface area contributed by atoms with Crippen LogP contribution in [0.4, 0.5) is 5.69 Å². The van der Waals surface area contributed by atoms with E-state index in [1.54, 1.807) is 20.3 Å². The fraction of sp³-hybridized carbons (Fsp3) is 0.500. The first-order chi connectivity index (χ1) is 9.58. The maximum absolute atomic E-state index is 11.5. The highest BCUT2D eigenvalue weighted by atomic mass is 35.5. The van der Waals surface area contributed by atoms with Gasteiger partial charge in [0.05, 0.1) is 19.4 Å². The van der Waals surface area contributed by atoms with Crippen molar-refractivity contribution in [2.75, 3.05) is 39.2 Å². The number of anilines is 1. The largest absolute Gasteiger partial charge is 0.495 e. The molecule has 0 aliphatic heterocycles. The summed E-state index contributed by atoms with van der Waals surface area (Å²) in [4.78, 5) is 11.5. The maximum Gasteiger partial charge on any atom is 0.221 e. The Bertz CT molecular complexity index is 452. The molecule has 0 aliphatic carbocycles. The molecule has 1 aromatic carbocycles. The first-order valence-corrected chi connectivity index (χ1v) is 6.80. The standard InChI is InChI=1S/C14H21ClN2O3/c1-10-8-12(13(20-3)9-11(10)15)16-5-4-14(18)17-6-7-19-2/h8-9,16H,4-7H2,1-3H3,(H,17,18). The lowest BCUT2D eigenvalue weighted by atomic mass is 10.2. The molecule has 0 saturated heterocycles. The molecule has 1 aromatic rings. The Morgan fingerprint density at radius 3 is 2.70 bits per heavy atom. The fourth-order valence-corrected chi connectivity index (χ4v) is 1.82. The Morgan fingerprint density at radius 2 is 2.05 bits per heavy atom. The smallest absolute Gasteiger partial charge is 0.221 e. The summed E-state index contributed by atoms with van der Waals surface area (Å²) < 4.78 is 10.1. The number of amides is 1. The van der Waals surface area contributed by atoms with Crippen LogP contribution in [0.2, 0.25) is 5.02 Å². The van der Waals surface area contributed by atoms with E-state index in [2.05, 4.69) is 10.6 Å². The maximum atomic E-state index is 11.5. The topological polar surface area (TPSA) is 59.6 Å². The van der Waals surface area contributed by atoms with Gasteiger partial charge < -0.3 is 20.1 Å². The summed E-state index contributed by atoms with van der Waals surface area (Å²) in [6.07, 6.45) is 0.383. The van der Waals surface area contributed by atoms with Crippen LogP contribution >= 0.6 is 11.6 Å². The Balaban J connectivity index is 2.45. The summed E-state index contributed by atoms with van der Waals surface area (Å²) in [6.45, 7) is 3.49. The summed E-state index contributed by atoms with van der Waals surface area (Å²) in [7, 11) is 3.19. The van der Waals surface area contributed by atoms with E-state index in [-0.39, 0.29) is 5.91 Å². The van der Waals surface area contributed by atoms with Gasteiger partial charge in [0.15, 0.2) is 0 Å². The number of hydrogen-bond donors (Lipinski definition) is 2. The number of halogens is 1. The third-order valence-electron chi connectivity index (χ3n) is 2.78. The minimum Gasteiger partial charge on any atom is -0.495 e. The van der Waals surface area contributed by atoms with Crippen molar-refractivity contribution < 1.29 is 14.3 Å². The van der Waals surface area contributed by atoms with Gasteiger partial charge in [-0.3, -0.25) is 4.79 Å². The van der Waals surface area contributed by atoms with Crippen molar-refractivity contribution in [3.8, 4) is 5.75 Å². The van der Waals surface area contributed by atoms with Gasteiger partial charge in [-0.25, -0.2) is 0 Å². The molecule has 0 spiro atoms. The quantitative estimate of drug-likeness (QED) is 0.723. The molecule has 0 aliphatic rings. The number of aryl methyl sites for hydroxylation is 1. The van der Waals surface area contributed by atoms with E-state index in [4.69, 9.17) is 21.1 Å². The monoisotopic (exact) mass is 300 g/mol. The number of methoxy groups -OCH3 is 2. The molecule has 0 radical (unpaired) electrons. The number of hydrogen-bond acceptors (Lipinski definition) is 4. The molecule has 2 N–H and O–H groups in total. The summed E-state index contributed by atoms with van der Waals surface area (Å²) in [5.41, 5.74) is 1.79. The van der Waals surface area contributed by atoms with Gasteiger partial charge in [0.1, 0.15) is 5.75 Å². The normalized spacial score (nSPS) is 10.2. The molecule has 112 valence electrons. The molecule has 0 bridgehead atoms. The lowest BCUT2D eigenvalue weighted by Crippen LogP contribution is -2.28. The summed E-state index contributed by atoms with van der Waals surface area (Å²) in [6, 6.07) is 3.67. The van der Waals surface area contributed by atoms with Gasteiger partial charge in [0.25, 0.3) is 0 Å². The van der Waals surface area contributed by atoms with Gasteiger partial charge in [-0.15, -0.1) is 0 Å². The Hall–Kier alpha value is -1.46. The number of carbonyl (C=O) groups is 1. The molecule has 6 heteroatoms. The Labute approximate surface area is 124 Å². The molecule has 0 atom stereocenters. The average molecular weight is 301 g/mol. The predicted molar refractivity (Wildman–Crippen MR) is 80.7 cm³/mol. The minimum atomic E-state index is -0.0146. The first kappa shape index (κ1) is 16.6. The molecule has 1 amide bonds. The van der Waals surface area contributed by atoms with Crippen LogP contribution in [0.15, 0.2) is 12.1 Å². The van der Waals surface area contributed by atoms with Crippen molar-refractivity contribution in [2.45, 2.75) is 13.3 Å². The van der Waals surface area contributed by atoms with E-state index >= 15 is 0 Å². The van der Waals surface area contributed by atoms with Crippen molar-refractivity contribution in [1.82, 2.24) is 5.32 Å². The van der Waals surface area contributed by atoms with E-state index in [9.17, 15) is 4.79 Å². The number of benzene rings is 1. The third-order valence-corrected chi connectivity index (χ3v) is 3.18. The highest BCUT2D eigenvalue weighted by Crippen LogP contribution is 2.30. The number of ether oxygens (including phenoxy) is 2. The number of carbonyl (C=O) groups excluding carboxylic acids is 1. The van der Waals surface area contributed by atoms with Crippen molar-refractivity contribution in [1.29, 1.82) is 0 Å². The van der Waals surface area contributed by atoms with Gasteiger partial charge in [0, 0.05) is 37.7 Å². The van der Waals surface area contributed by atoms with Crippen LogP contribution in [-0.4, -0.2) is 39.8 Å². The second-order valence-electron chi connectivity index (χ2n) is 4.32. The number of nitrogens with one attached hydrogen (secondary N) is 2. The number of rotatable bonds is 8. The molecular weight excluding hydrogens is 280 g/mol.